The van der Waals surface area contributed by atoms with Gasteiger partial charge in [-0.15, -0.1) is 11.3 Å². The molecule has 2 aromatic carbocycles. The van der Waals surface area contributed by atoms with E-state index in [1.54, 1.807) is 28.3 Å². The van der Waals surface area contributed by atoms with E-state index in [9.17, 15) is 9.59 Å². The molecule has 0 aliphatic rings. The Balaban J connectivity index is 1.70. The Morgan fingerprint density at radius 2 is 1.97 bits per heavy atom. The summed E-state index contributed by atoms with van der Waals surface area (Å²) in [4.78, 5) is 34.2. The molecule has 0 spiro atoms. The second kappa shape index (κ2) is 8.59. The van der Waals surface area contributed by atoms with E-state index < -0.39 is 0 Å². The molecule has 1 N–H and O–H groups in total. The number of aromatic nitrogens is 3. The lowest BCUT2D eigenvalue weighted by molar-refractivity contribution is -0.113. The first-order valence-corrected chi connectivity index (χ1v) is 11.0. The maximum Gasteiger partial charge on any atom is 0.266 e. The number of carbonyl (C=O) groups excluding carboxylic acids is 1. The van der Waals surface area contributed by atoms with Gasteiger partial charge in [0.05, 0.1) is 22.3 Å². The van der Waals surface area contributed by atoms with Crippen molar-refractivity contribution in [2.45, 2.75) is 18.5 Å². The number of nitrogens with zero attached hydrogens (tertiary/aromatic N) is 3. The maximum absolute atomic E-state index is 13.2. The molecule has 0 radical (unpaired) electrons. The van der Waals surface area contributed by atoms with E-state index >= 15 is 0 Å². The van der Waals surface area contributed by atoms with Gasteiger partial charge in [-0.1, -0.05) is 43.0 Å². The molecule has 0 aliphatic heterocycles. The van der Waals surface area contributed by atoms with E-state index in [2.05, 4.69) is 22.2 Å². The van der Waals surface area contributed by atoms with Gasteiger partial charge < -0.3 is 5.32 Å². The lowest BCUT2D eigenvalue weighted by Crippen LogP contribution is -2.23. The molecule has 1 amide bonds. The van der Waals surface area contributed by atoms with Crippen LogP contribution in [0.4, 0.5) is 5.13 Å². The third-order valence-electron chi connectivity index (χ3n) is 4.36. The van der Waals surface area contributed by atoms with Crippen LogP contribution in [-0.4, -0.2) is 26.2 Å². The average molecular weight is 423 g/mol. The number of carbonyl (C=O) groups is 1. The predicted molar refractivity (Wildman–Crippen MR) is 118 cm³/mol. The van der Waals surface area contributed by atoms with Crippen LogP contribution in [0.3, 0.4) is 0 Å². The molecule has 0 bridgehead atoms. The lowest BCUT2D eigenvalue weighted by atomic mass is 10.1. The molecule has 4 aromatic rings. The smallest absolute Gasteiger partial charge is 0.266 e. The molecule has 0 fully saturated rings. The average Bonchev–Trinajstić information content (AvgIpc) is 3.25. The van der Waals surface area contributed by atoms with Crippen molar-refractivity contribution in [2.24, 2.45) is 0 Å². The lowest BCUT2D eigenvalue weighted by Gasteiger charge is -2.13. The summed E-state index contributed by atoms with van der Waals surface area (Å²) in [6, 6.07) is 15.1. The number of thioether (sulfide) groups is 1. The molecular weight excluding hydrogens is 404 g/mol. The minimum atomic E-state index is -0.194. The Kier molecular flexibility index (Phi) is 5.73. The second-order valence-corrected chi connectivity index (χ2v) is 8.08. The molecule has 2 aromatic heterocycles. The van der Waals surface area contributed by atoms with Crippen molar-refractivity contribution in [3.05, 3.63) is 76.0 Å². The van der Waals surface area contributed by atoms with Gasteiger partial charge in [-0.2, -0.15) is 0 Å². The molecule has 6 nitrogen and oxygen atoms in total. The van der Waals surface area contributed by atoms with Crippen molar-refractivity contribution >= 4 is 45.0 Å². The summed E-state index contributed by atoms with van der Waals surface area (Å²) >= 11 is 2.59. The first-order valence-electron chi connectivity index (χ1n) is 9.09. The van der Waals surface area contributed by atoms with Gasteiger partial charge in [0.25, 0.3) is 5.56 Å². The van der Waals surface area contributed by atoms with E-state index in [-0.39, 0.29) is 17.2 Å². The molecule has 0 saturated heterocycles. The monoisotopic (exact) mass is 422 g/mol. The van der Waals surface area contributed by atoms with Gasteiger partial charge in [-0.25, -0.2) is 9.97 Å². The number of aryl methyl sites for hydroxylation is 1. The fourth-order valence-electron chi connectivity index (χ4n) is 2.89. The SMILES string of the molecule is CCc1ccc(-n2c(SCC(=O)Nc3nccs3)nc3ccccc3c2=O)cc1. The first-order chi connectivity index (χ1) is 14.2. The van der Waals surface area contributed by atoms with Crippen LogP contribution in [0.5, 0.6) is 0 Å². The molecule has 29 heavy (non-hydrogen) atoms. The molecule has 0 atom stereocenters. The number of amides is 1. The minimum Gasteiger partial charge on any atom is -0.301 e. The predicted octanol–water partition coefficient (Wildman–Crippen LogP) is 4.14. The molecular formula is C21H18N4O2S2. The molecule has 0 aliphatic carbocycles. The third-order valence-corrected chi connectivity index (χ3v) is 5.99. The maximum atomic E-state index is 13.2. The van der Waals surface area contributed by atoms with Crippen molar-refractivity contribution in [1.29, 1.82) is 0 Å². The van der Waals surface area contributed by atoms with Gasteiger partial charge >= 0.3 is 0 Å². The fraction of sp³-hybridized carbons (Fsp3) is 0.143. The summed E-state index contributed by atoms with van der Waals surface area (Å²) in [5.74, 6) is -0.0718. The number of para-hydroxylation sites is 1. The standard InChI is InChI=1S/C21H18N4O2S2/c1-2-14-7-9-15(10-8-14)25-19(27)16-5-3-4-6-17(16)23-21(25)29-13-18(26)24-20-22-11-12-28-20/h3-12H,2,13H2,1H3,(H,22,24,26). The van der Waals surface area contributed by atoms with Crippen LogP contribution >= 0.6 is 23.1 Å². The summed E-state index contributed by atoms with van der Waals surface area (Å²) in [7, 11) is 0. The zero-order valence-electron chi connectivity index (χ0n) is 15.7. The highest BCUT2D eigenvalue weighted by atomic mass is 32.2. The van der Waals surface area contributed by atoms with Crippen molar-refractivity contribution < 1.29 is 4.79 Å². The molecule has 0 saturated carbocycles. The Bertz CT molecular complexity index is 1200. The van der Waals surface area contributed by atoms with Gasteiger partial charge in [-0.05, 0) is 36.2 Å². The molecule has 146 valence electrons. The quantitative estimate of drug-likeness (QED) is 0.373. The summed E-state index contributed by atoms with van der Waals surface area (Å²) < 4.78 is 1.57. The number of anilines is 1. The van der Waals surface area contributed by atoms with E-state index in [0.717, 1.165) is 12.1 Å². The van der Waals surface area contributed by atoms with Crippen LogP contribution in [0.2, 0.25) is 0 Å². The Morgan fingerprint density at radius 3 is 2.69 bits per heavy atom. The number of thiazole rings is 1. The Hall–Kier alpha value is -2.97. The summed E-state index contributed by atoms with van der Waals surface area (Å²) in [5, 5.41) is 6.12. The largest absolute Gasteiger partial charge is 0.301 e. The van der Waals surface area contributed by atoms with Gasteiger partial charge in [0.1, 0.15) is 0 Å². The van der Waals surface area contributed by atoms with Crippen molar-refractivity contribution in [1.82, 2.24) is 14.5 Å². The van der Waals surface area contributed by atoms with E-state index in [1.807, 2.05) is 36.4 Å². The van der Waals surface area contributed by atoms with Gasteiger partial charge in [0, 0.05) is 11.6 Å². The van der Waals surface area contributed by atoms with Crippen LogP contribution in [0.25, 0.3) is 16.6 Å². The molecule has 0 unspecified atom stereocenters. The summed E-state index contributed by atoms with van der Waals surface area (Å²) in [5.41, 5.74) is 2.38. The Labute approximate surface area is 175 Å². The molecule has 4 rings (SSSR count). The van der Waals surface area contributed by atoms with Crippen LogP contribution in [-0.2, 0) is 11.2 Å². The van der Waals surface area contributed by atoms with E-state index in [1.165, 1.54) is 28.7 Å². The van der Waals surface area contributed by atoms with Crippen LogP contribution < -0.4 is 10.9 Å². The van der Waals surface area contributed by atoms with Crippen LogP contribution in [0, 0.1) is 0 Å². The normalized spacial score (nSPS) is 10.9. The zero-order chi connectivity index (χ0) is 20.2. The number of rotatable bonds is 6. The molecule has 8 heteroatoms. The highest BCUT2D eigenvalue weighted by Crippen LogP contribution is 2.22. The van der Waals surface area contributed by atoms with E-state index in [0.29, 0.717) is 21.2 Å². The second-order valence-electron chi connectivity index (χ2n) is 6.25. The number of nitrogens with one attached hydrogen (secondary N) is 1. The van der Waals surface area contributed by atoms with E-state index in [4.69, 9.17) is 0 Å². The number of hydrogen-bond donors (Lipinski definition) is 1. The van der Waals surface area contributed by atoms with Gasteiger partial charge in [-0.3, -0.25) is 14.2 Å². The summed E-state index contributed by atoms with van der Waals surface area (Å²) in [6.07, 6.45) is 2.56. The number of fused-ring (bicyclic) bond motifs is 1. The number of benzene rings is 2. The fourth-order valence-corrected chi connectivity index (χ4v) is 4.25. The van der Waals surface area contributed by atoms with Crippen molar-refractivity contribution in [3.63, 3.8) is 0 Å². The third kappa shape index (κ3) is 4.23. The first kappa shape index (κ1) is 19.4. The zero-order valence-corrected chi connectivity index (χ0v) is 17.3. The van der Waals surface area contributed by atoms with Crippen molar-refractivity contribution in [2.75, 3.05) is 11.1 Å². The topological polar surface area (TPSA) is 76.9 Å². The highest BCUT2D eigenvalue weighted by molar-refractivity contribution is 7.99. The number of hydrogen-bond acceptors (Lipinski definition) is 6. The Morgan fingerprint density at radius 1 is 1.17 bits per heavy atom. The van der Waals surface area contributed by atoms with Crippen LogP contribution in [0.15, 0.2) is 70.1 Å². The highest BCUT2D eigenvalue weighted by Gasteiger charge is 2.15. The van der Waals surface area contributed by atoms with Gasteiger partial charge in [0.15, 0.2) is 10.3 Å². The van der Waals surface area contributed by atoms with Crippen LogP contribution in [0.1, 0.15) is 12.5 Å². The van der Waals surface area contributed by atoms with Crippen molar-refractivity contribution in [3.8, 4) is 5.69 Å². The summed E-state index contributed by atoms with van der Waals surface area (Å²) in [6.45, 7) is 2.08. The molecule has 2 heterocycles. The minimum absolute atomic E-state index is 0.122. The van der Waals surface area contributed by atoms with Gasteiger partial charge in [0.2, 0.25) is 5.91 Å².